The van der Waals surface area contributed by atoms with Crippen molar-refractivity contribution in [2.75, 3.05) is 0 Å². The predicted molar refractivity (Wildman–Crippen MR) is 85.0 cm³/mol. The second-order valence-corrected chi connectivity index (χ2v) is 8.06. The lowest BCUT2D eigenvalue weighted by molar-refractivity contribution is -0.199. The molecule has 0 N–H and O–H groups in total. The summed E-state index contributed by atoms with van der Waals surface area (Å²) in [5, 5.41) is 0. The first-order valence-electron chi connectivity index (χ1n) is 8.47. The van der Waals surface area contributed by atoms with E-state index >= 15 is 0 Å². The maximum absolute atomic E-state index is 13.0. The zero-order valence-electron chi connectivity index (χ0n) is 13.6. The molecule has 4 aliphatic rings. The summed E-state index contributed by atoms with van der Waals surface area (Å²) in [7, 11) is -0.116. The quantitative estimate of drug-likeness (QED) is 0.783. The molecule has 4 atom stereocenters. The van der Waals surface area contributed by atoms with Crippen molar-refractivity contribution in [2.45, 2.75) is 58.1 Å². The lowest BCUT2D eigenvalue weighted by Crippen LogP contribution is -2.65. The average molecular weight is 302 g/mol. The van der Waals surface area contributed by atoms with E-state index in [4.69, 9.17) is 9.31 Å². The molecule has 118 valence electrons. The molecule has 0 spiro atoms. The van der Waals surface area contributed by atoms with Crippen LogP contribution in [0.3, 0.4) is 0 Å². The highest BCUT2D eigenvalue weighted by atomic mass is 19.1. The lowest BCUT2D eigenvalue weighted by Gasteiger charge is -2.64. The molecule has 4 fully saturated rings. The molecule has 0 radical (unpaired) electrons. The first kappa shape index (κ1) is 14.7. The Bertz CT molecular complexity index is 573. The summed E-state index contributed by atoms with van der Waals surface area (Å²) in [6, 6.07) is 6.73. The van der Waals surface area contributed by atoms with Crippen molar-refractivity contribution in [2.24, 2.45) is 17.3 Å². The number of aryl methyl sites for hydroxylation is 1. The van der Waals surface area contributed by atoms with E-state index < -0.39 is 0 Å². The highest BCUT2D eigenvalue weighted by Crippen LogP contribution is 2.65. The third kappa shape index (κ3) is 2.07. The van der Waals surface area contributed by atoms with Crippen molar-refractivity contribution in [3.05, 3.63) is 35.6 Å². The number of benzene rings is 1. The van der Waals surface area contributed by atoms with Gasteiger partial charge in [0, 0.05) is 0 Å². The van der Waals surface area contributed by atoms with Gasteiger partial charge in [-0.3, -0.25) is 0 Å². The third-order valence-electron chi connectivity index (χ3n) is 6.58. The zero-order valence-corrected chi connectivity index (χ0v) is 13.6. The van der Waals surface area contributed by atoms with E-state index in [0.29, 0.717) is 11.3 Å². The van der Waals surface area contributed by atoms with Gasteiger partial charge in [-0.15, -0.1) is 0 Å². The molecule has 3 saturated carbocycles. The van der Waals surface area contributed by atoms with Crippen molar-refractivity contribution >= 4 is 7.12 Å². The van der Waals surface area contributed by atoms with E-state index in [1.807, 2.05) is 12.1 Å². The molecule has 1 aliphatic heterocycles. The Balaban J connectivity index is 1.41. The van der Waals surface area contributed by atoms with Gasteiger partial charge in [-0.05, 0) is 67.5 Å². The molecule has 1 aromatic carbocycles. The minimum Gasteiger partial charge on any atom is -0.405 e. The maximum atomic E-state index is 13.0. The number of hydrogen-bond acceptors (Lipinski definition) is 2. The smallest absolute Gasteiger partial charge is 0.405 e. The fourth-order valence-corrected chi connectivity index (χ4v) is 5.01. The van der Waals surface area contributed by atoms with Crippen LogP contribution in [0.5, 0.6) is 0 Å². The fourth-order valence-electron chi connectivity index (χ4n) is 5.01. The molecule has 2 bridgehead atoms. The third-order valence-corrected chi connectivity index (χ3v) is 6.58. The summed E-state index contributed by atoms with van der Waals surface area (Å²) in [6.45, 7) is 7.00. The van der Waals surface area contributed by atoms with Crippen LogP contribution in [0.4, 0.5) is 4.39 Å². The molecule has 0 aromatic heterocycles. The largest absolute Gasteiger partial charge is 0.457 e. The minimum atomic E-state index is -0.183. The summed E-state index contributed by atoms with van der Waals surface area (Å²) < 4.78 is 25.5. The van der Waals surface area contributed by atoms with Gasteiger partial charge in [-0.1, -0.05) is 26.0 Å². The summed E-state index contributed by atoms with van der Waals surface area (Å²) in [5.74, 6) is 1.22. The second-order valence-electron chi connectivity index (χ2n) is 8.06. The maximum Gasteiger partial charge on any atom is 0.457 e. The summed E-state index contributed by atoms with van der Waals surface area (Å²) in [5.41, 5.74) is 1.41. The van der Waals surface area contributed by atoms with Gasteiger partial charge in [0.2, 0.25) is 0 Å². The minimum absolute atomic E-state index is 0.116. The fraction of sp³-hybridized carbons (Fsp3) is 0.667. The van der Waals surface area contributed by atoms with E-state index in [2.05, 4.69) is 20.8 Å². The van der Waals surface area contributed by atoms with Crippen LogP contribution in [0, 0.1) is 23.1 Å². The molecule has 2 nitrogen and oxygen atoms in total. The Kier molecular flexibility index (Phi) is 3.22. The summed E-state index contributed by atoms with van der Waals surface area (Å²) in [6.07, 6.45) is 4.38. The van der Waals surface area contributed by atoms with E-state index in [-0.39, 0.29) is 24.6 Å². The predicted octanol–water partition coefficient (Wildman–Crippen LogP) is 4.10. The van der Waals surface area contributed by atoms with Crippen molar-refractivity contribution < 1.29 is 13.7 Å². The molecular weight excluding hydrogens is 278 g/mol. The normalized spacial score (nSPS) is 38.5. The van der Waals surface area contributed by atoms with Crippen LogP contribution < -0.4 is 0 Å². The van der Waals surface area contributed by atoms with Gasteiger partial charge in [0.25, 0.3) is 0 Å². The van der Waals surface area contributed by atoms with E-state index in [1.165, 1.54) is 18.6 Å². The average Bonchev–Trinajstić information content (AvgIpc) is 2.82. The van der Waals surface area contributed by atoms with Crippen LogP contribution in [0.2, 0.25) is 6.32 Å². The van der Waals surface area contributed by atoms with Crippen LogP contribution >= 0.6 is 0 Å². The van der Waals surface area contributed by atoms with E-state index in [0.717, 1.165) is 30.6 Å². The van der Waals surface area contributed by atoms with Crippen LogP contribution in [0.15, 0.2) is 24.3 Å². The molecule has 22 heavy (non-hydrogen) atoms. The topological polar surface area (TPSA) is 18.5 Å². The van der Waals surface area contributed by atoms with Crippen molar-refractivity contribution in [1.82, 2.24) is 0 Å². The second kappa shape index (κ2) is 4.81. The highest BCUT2D eigenvalue weighted by molar-refractivity contribution is 6.45. The Labute approximate surface area is 132 Å². The molecule has 4 unspecified atom stereocenters. The van der Waals surface area contributed by atoms with E-state index in [9.17, 15) is 4.39 Å². The Morgan fingerprint density at radius 3 is 2.59 bits per heavy atom. The van der Waals surface area contributed by atoms with Gasteiger partial charge in [0.15, 0.2) is 0 Å². The number of halogens is 1. The molecule has 1 saturated heterocycles. The van der Waals surface area contributed by atoms with Gasteiger partial charge < -0.3 is 9.31 Å². The lowest BCUT2D eigenvalue weighted by atomic mass is 9.43. The Hall–Kier alpha value is -0.865. The van der Waals surface area contributed by atoms with Crippen LogP contribution in [0.25, 0.3) is 0 Å². The first-order valence-corrected chi connectivity index (χ1v) is 8.47. The Morgan fingerprint density at radius 2 is 1.91 bits per heavy atom. The van der Waals surface area contributed by atoms with Gasteiger partial charge in [0.1, 0.15) is 5.82 Å². The highest BCUT2D eigenvalue weighted by Gasteiger charge is 2.67. The van der Waals surface area contributed by atoms with Crippen LogP contribution in [-0.4, -0.2) is 18.8 Å². The van der Waals surface area contributed by atoms with Gasteiger partial charge >= 0.3 is 7.12 Å². The van der Waals surface area contributed by atoms with Crippen LogP contribution in [0.1, 0.15) is 39.2 Å². The molecule has 1 aromatic rings. The SMILES string of the molecule is CC1(C)C2CC3OB(CCc4ccc(F)cc4)OC3(C)C1C2. The van der Waals surface area contributed by atoms with Gasteiger partial charge in [0.05, 0.1) is 11.7 Å². The molecular formula is C18H24BFO2. The first-order chi connectivity index (χ1) is 10.4. The molecule has 5 rings (SSSR count). The van der Waals surface area contributed by atoms with E-state index in [1.54, 1.807) is 0 Å². The van der Waals surface area contributed by atoms with Crippen LogP contribution in [-0.2, 0) is 15.7 Å². The summed E-state index contributed by atoms with van der Waals surface area (Å²) in [4.78, 5) is 0. The van der Waals surface area contributed by atoms with Crippen molar-refractivity contribution in [3.8, 4) is 0 Å². The number of rotatable bonds is 3. The van der Waals surface area contributed by atoms with Gasteiger partial charge in [-0.2, -0.15) is 0 Å². The van der Waals surface area contributed by atoms with Gasteiger partial charge in [-0.25, -0.2) is 4.39 Å². The molecule has 0 amide bonds. The van der Waals surface area contributed by atoms with Crippen molar-refractivity contribution in [1.29, 1.82) is 0 Å². The molecule has 1 heterocycles. The zero-order chi connectivity index (χ0) is 15.5. The molecule has 4 heteroatoms. The van der Waals surface area contributed by atoms with Crippen molar-refractivity contribution in [3.63, 3.8) is 0 Å². The standard InChI is InChI=1S/C18H24BFO2/c1-17(2)13-10-15(17)18(3)16(11-13)21-19(22-18)9-8-12-4-6-14(20)7-5-12/h4-7,13,15-16H,8-11H2,1-3H3. The monoisotopic (exact) mass is 302 g/mol. The molecule has 3 aliphatic carbocycles. The Morgan fingerprint density at radius 1 is 1.18 bits per heavy atom. The summed E-state index contributed by atoms with van der Waals surface area (Å²) >= 11 is 0. The number of hydrogen-bond donors (Lipinski definition) is 0.